The molecule has 0 rings (SSSR count). The van der Waals surface area contributed by atoms with Crippen LogP contribution in [0.3, 0.4) is 0 Å². The molecule has 0 aliphatic heterocycles. The fraction of sp³-hybridized carbons (Fsp3) is 0.818. The average Bonchev–Trinajstić information content (AvgIpc) is 2.22. The Morgan fingerprint density at radius 2 is 2.19 bits per heavy atom. The van der Waals surface area contributed by atoms with Crippen molar-refractivity contribution in [3.63, 3.8) is 0 Å². The lowest BCUT2D eigenvalue weighted by molar-refractivity contribution is -0.121. The number of hydrogen-bond acceptors (Lipinski definition) is 4. The van der Waals surface area contributed by atoms with Crippen LogP contribution in [-0.4, -0.2) is 43.5 Å². The predicted molar refractivity (Wildman–Crippen MR) is 63.6 cm³/mol. The van der Waals surface area contributed by atoms with Crippen molar-refractivity contribution in [2.45, 2.75) is 26.3 Å². The zero-order valence-electron chi connectivity index (χ0n) is 10.4. The molecule has 0 saturated carbocycles. The highest BCUT2D eigenvalue weighted by Crippen LogP contribution is 2.03. The summed E-state index contributed by atoms with van der Waals surface area (Å²) in [5.74, 6) is 0.336. The van der Waals surface area contributed by atoms with Gasteiger partial charge in [0.05, 0.1) is 12.6 Å². The van der Waals surface area contributed by atoms with E-state index in [2.05, 4.69) is 19.2 Å². The zero-order chi connectivity index (χ0) is 12.6. The lowest BCUT2D eigenvalue weighted by Gasteiger charge is -2.20. The number of hydrogen-bond donors (Lipinski definition) is 2. The molecule has 0 aliphatic rings. The number of carbonyl (C=O) groups excluding carboxylic acids is 1. The summed E-state index contributed by atoms with van der Waals surface area (Å²) in [7, 11) is 1.87. The second-order valence-corrected chi connectivity index (χ2v) is 4.37. The Bertz CT molecular complexity index is 247. The summed E-state index contributed by atoms with van der Waals surface area (Å²) in [6.07, 6.45) is 0.875. The summed E-state index contributed by atoms with van der Waals surface area (Å²) in [6, 6.07) is 2.04. The molecule has 0 fully saturated rings. The Morgan fingerprint density at radius 1 is 1.56 bits per heavy atom. The van der Waals surface area contributed by atoms with Gasteiger partial charge in [-0.1, -0.05) is 13.8 Å². The number of nitriles is 1. The van der Waals surface area contributed by atoms with E-state index in [4.69, 9.17) is 11.0 Å². The summed E-state index contributed by atoms with van der Waals surface area (Å²) in [5, 5.41) is 10.8. The van der Waals surface area contributed by atoms with Crippen molar-refractivity contribution < 1.29 is 4.79 Å². The van der Waals surface area contributed by atoms with Gasteiger partial charge in [-0.15, -0.1) is 0 Å². The van der Waals surface area contributed by atoms with Crippen molar-refractivity contribution in [3.8, 4) is 6.07 Å². The zero-order valence-corrected chi connectivity index (χ0v) is 10.4. The minimum atomic E-state index is -0.123. The van der Waals surface area contributed by atoms with Crippen molar-refractivity contribution in [2.24, 2.45) is 11.7 Å². The smallest absolute Gasteiger partial charge is 0.234 e. The third-order valence-corrected chi connectivity index (χ3v) is 2.48. The molecule has 1 amide bonds. The normalized spacial score (nSPS) is 12.6. The third-order valence-electron chi connectivity index (χ3n) is 2.48. The Balaban J connectivity index is 3.70. The van der Waals surface area contributed by atoms with Crippen molar-refractivity contribution in [3.05, 3.63) is 0 Å². The molecule has 0 aromatic rings. The molecule has 0 aliphatic carbocycles. The van der Waals surface area contributed by atoms with Gasteiger partial charge in [0.25, 0.3) is 0 Å². The van der Waals surface area contributed by atoms with Crippen LogP contribution in [0.15, 0.2) is 0 Å². The van der Waals surface area contributed by atoms with E-state index in [1.807, 2.05) is 18.0 Å². The number of likely N-dealkylation sites (N-methyl/N-ethyl adjacent to an activating group) is 1. The Kier molecular flexibility index (Phi) is 7.52. The lowest BCUT2D eigenvalue weighted by atomic mass is 10.0. The van der Waals surface area contributed by atoms with Crippen molar-refractivity contribution >= 4 is 5.91 Å². The van der Waals surface area contributed by atoms with Gasteiger partial charge in [-0.05, 0) is 25.9 Å². The van der Waals surface area contributed by atoms with E-state index in [1.165, 1.54) is 0 Å². The minimum absolute atomic E-state index is 0.0676. The molecule has 0 spiro atoms. The maximum absolute atomic E-state index is 11.3. The largest absolute Gasteiger partial charge is 0.342 e. The van der Waals surface area contributed by atoms with Crippen LogP contribution in [0.2, 0.25) is 0 Å². The van der Waals surface area contributed by atoms with E-state index in [0.717, 1.165) is 13.0 Å². The van der Waals surface area contributed by atoms with Crippen LogP contribution in [0.4, 0.5) is 0 Å². The van der Waals surface area contributed by atoms with Crippen LogP contribution in [0.5, 0.6) is 0 Å². The summed E-state index contributed by atoms with van der Waals surface area (Å²) < 4.78 is 0. The third kappa shape index (κ3) is 7.21. The fourth-order valence-electron chi connectivity index (χ4n) is 1.22. The predicted octanol–water partition coefficient (Wildman–Crippen LogP) is -0.0686. The van der Waals surface area contributed by atoms with Crippen LogP contribution >= 0.6 is 0 Å². The number of rotatable bonds is 7. The lowest BCUT2D eigenvalue weighted by Crippen LogP contribution is -2.38. The SMILES string of the molecule is CC(C)C(N)CCN(C)CC(=O)NCC#N. The second-order valence-electron chi connectivity index (χ2n) is 4.37. The molecule has 0 radical (unpaired) electrons. The molecule has 0 heterocycles. The van der Waals surface area contributed by atoms with Crippen molar-refractivity contribution in [1.82, 2.24) is 10.2 Å². The standard InChI is InChI=1S/C11H22N4O/c1-9(2)10(13)4-7-15(3)8-11(16)14-6-5-12/h9-10H,4,6-8,13H2,1-3H3,(H,14,16). The molecule has 92 valence electrons. The minimum Gasteiger partial charge on any atom is -0.342 e. The molecule has 1 atom stereocenters. The first-order valence-corrected chi connectivity index (χ1v) is 5.55. The average molecular weight is 226 g/mol. The molecular formula is C11H22N4O. The van der Waals surface area contributed by atoms with Crippen LogP contribution < -0.4 is 11.1 Å². The number of nitrogens with zero attached hydrogens (tertiary/aromatic N) is 2. The quantitative estimate of drug-likeness (QED) is 0.595. The van der Waals surface area contributed by atoms with Crippen LogP contribution in [0.25, 0.3) is 0 Å². The first-order valence-electron chi connectivity index (χ1n) is 5.55. The molecule has 0 bridgehead atoms. The van der Waals surface area contributed by atoms with Crippen LogP contribution in [-0.2, 0) is 4.79 Å². The summed E-state index contributed by atoms with van der Waals surface area (Å²) in [6.45, 7) is 5.35. The first kappa shape index (κ1) is 14.9. The summed E-state index contributed by atoms with van der Waals surface area (Å²) in [5.41, 5.74) is 5.91. The van der Waals surface area contributed by atoms with E-state index >= 15 is 0 Å². The van der Waals surface area contributed by atoms with E-state index in [0.29, 0.717) is 12.5 Å². The summed E-state index contributed by atoms with van der Waals surface area (Å²) in [4.78, 5) is 13.2. The van der Waals surface area contributed by atoms with Gasteiger partial charge < -0.3 is 11.1 Å². The Morgan fingerprint density at radius 3 is 2.69 bits per heavy atom. The van der Waals surface area contributed by atoms with E-state index in [9.17, 15) is 4.79 Å². The van der Waals surface area contributed by atoms with Gasteiger partial charge in [0.1, 0.15) is 6.54 Å². The topological polar surface area (TPSA) is 82.2 Å². The highest BCUT2D eigenvalue weighted by molar-refractivity contribution is 5.78. The van der Waals surface area contributed by atoms with Gasteiger partial charge in [0.15, 0.2) is 0 Å². The van der Waals surface area contributed by atoms with Crippen LogP contribution in [0, 0.1) is 17.2 Å². The maximum Gasteiger partial charge on any atom is 0.234 e. The van der Waals surface area contributed by atoms with Gasteiger partial charge >= 0.3 is 0 Å². The maximum atomic E-state index is 11.3. The first-order chi connectivity index (χ1) is 7.47. The fourth-order valence-corrected chi connectivity index (χ4v) is 1.22. The molecule has 0 aromatic carbocycles. The molecule has 1 unspecified atom stereocenters. The van der Waals surface area contributed by atoms with E-state index in [1.54, 1.807) is 0 Å². The number of nitrogens with one attached hydrogen (secondary N) is 1. The molecule has 5 heteroatoms. The van der Waals surface area contributed by atoms with Gasteiger partial charge in [0, 0.05) is 6.04 Å². The van der Waals surface area contributed by atoms with Gasteiger partial charge in [0.2, 0.25) is 5.91 Å². The Hall–Kier alpha value is -1.12. The van der Waals surface area contributed by atoms with Gasteiger partial charge in [-0.3, -0.25) is 9.69 Å². The number of amides is 1. The van der Waals surface area contributed by atoms with Gasteiger partial charge in [-0.2, -0.15) is 5.26 Å². The second kappa shape index (κ2) is 8.08. The molecule has 0 saturated heterocycles. The van der Waals surface area contributed by atoms with E-state index in [-0.39, 0.29) is 18.5 Å². The molecule has 5 nitrogen and oxygen atoms in total. The number of carbonyl (C=O) groups is 1. The van der Waals surface area contributed by atoms with E-state index < -0.39 is 0 Å². The molecular weight excluding hydrogens is 204 g/mol. The monoisotopic (exact) mass is 226 g/mol. The number of nitrogens with two attached hydrogens (primary N) is 1. The van der Waals surface area contributed by atoms with Crippen molar-refractivity contribution in [2.75, 3.05) is 26.7 Å². The van der Waals surface area contributed by atoms with Gasteiger partial charge in [-0.25, -0.2) is 0 Å². The highest BCUT2D eigenvalue weighted by Gasteiger charge is 2.10. The molecule has 0 aromatic heterocycles. The molecule has 3 N–H and O–H groups in total. The highest BCUT2D eigenvalue weighted by atomic mass is 16.1. The Labute approximate surface area is 97.6 Å². The molecule has 16 heavy (non-hydrogen) atoms. The summed E-state index contributed by atoms with van der Waals surface area (Å²) >= 11 is 0. The van der Waals surface area contributed by atoms with Crippen LogP contribution in [0.1, 0.15) is 20.3 Å². The van der Waals surface area contributed by atoms with Crippen molar-refractivity contribution in [1.29, 1.82) is 5.26 Å².